The molecule has 0 aliphatic rings. The van der Waals surface area contributed by atoms with Gasteiger partial charge in [-0.2, -0.15) is 0 Å². The van der Waals surface area contributed by atoms with E-state index in [0.29, 0.717) is 0 Å². The molecule has 0 bridgehead atoms. The highest BCUT2D eigenvalue weighted by molar-refractivity contribution is 5.95. The fourth-order valence-electron chi connectivity index (χ4n) is 4.11. The second-order valence-electron chi connectivity index (χ2n) is 8.71. The second kappa shape index (κ2) is 13.3. The van der Waals surface area contributed by atoms with E-state index < -0.39 is 0 Å². The first-order valence-corrected chi connectivity index (χ1v) is 12.2. The maximum atomic E-state index is 12.5. The molecule has 0 unspecified atom stereocenters. The van der Waals surface area contributed by atoms with Gasteiger partial charge in [-0.25, -0.2) is 0 Å². The van der Waals surface area contributed by atoms with Crippen molar-refractivity contribution in [2.24, 2.45) is 0 Å². The Kier molecular flexibility index (Phi) is 9.90. The van der Waals surface area contributed by atoms with E-state index in [4.69, 9.17) is 4.74 Å². The molecule has 178 valence electrons. The molecular formula is C30H36N2O2. The van der Waals surface area contributed by atoms with Crippen molar-refractivity contribution in [3.8, 4) is 5.75 Å². The lowest BCUT2D eigenvalue weighted by atomic mass is 9.94. The number of ether oxygens (including phenoxy) is 1. The lowest BCUT2D eigenvalue weighted by molar-refractivity contribution is -0.117. The van der Waals surface area contributed by atoms with E-state index in [1.807, 2.05) is 24.4 Å². The van der Waals surface area contributed by atoms with Crippen LogP contribution in [0.3, 0.4) is 0 Å². The van der Waals surface area contributed by atoms with Gasteiger partial charge in [-0.1, -0.05) is 55.8 Å². The SMILES string of the molecule is CCCCC(=CC=CC(=O)N[C@H](C)CCCc1cccnc1)c1cccc2ccc(OC)cc12. The van der Waals surface area contributed by atoms with E-state index in [9.17, 15) is 4.79 Å². The zero-order valence-electron chi connectivity index (χ0n) is 20.6. The number of fused-ring (bicyclic) bond motifs is 1. The number of aryl methyl sites for hydroxylation is 1. The minimum Gasteiger partial charge on any atom is -0.497 e. The first-order chi connectivity index (χ1) is 16.6. The number of unbranched alkanes of at least 4 members (excludes halogenated alkanes) is 1. The van der Waals surface area contributed by atoms with Crippen LogP contribution in [0.5, 0.6) is 5.75 Å². The van der Waals surface area contributed by atoms with Crippen molar-refractivity contribution in [1.82, 2.24) is 10.3 Å². The van der Waals surface area contributed by atoms with Crippen molar-refractivity contribution in [1.29, 1.82) is 0 Å². The number of nitrogens with one attached hydrogen (secondary N) is 1. The number of pyridine rings is 1. The van der Waals surface area contributed by atoms with Gasteiger partial charge in [-0.3, -0.25) is 9.78 Å². The zero-order chi connectivity index (χ0) is 24.2. The van der Waals surface area contributed by atoms with Crippen LogP contribution in [0, 0.1) is 0 Å². The first-order valence-electron chi connectivity index (χ1n) is 12.2. The molecule has 1 aromatic heterocycles. The summed E-state index contributed by atoms with van der Waals surface area (Å²) in [5, 5.41) is 5.43. The van der Waals surface area contributed by atoms with Crippen LogP contribution in [0.25, 0.3) is 16.3 Å². The number of carbonyl (C=O) groups excluding carboxylic acids is 1. The molecule has 34 heavy (non-hydrogen) atoms. The van der Waals surface area contributed by atoms with Crippen LogP contribution in [0.2, 0.25) is 0 Å². The number of aromatic nitrogens is 1. The van der Waals surface area contributed by atoms with Gasteiger partial charge in [-0.05, 0) is 84.7 Å². The molecule has 3 aromatic rings. The number of hydrogen-bond donors (Lipinski definition) is 1. The summed E-state index contributed by atoms with van der Waals surface area (Å²) in [6.45, 7) is 4.25. The minimum atomic E-state index is -0.0560. The highest BCUT2D eigenvalue weighted by atomic mass is 16.5. The summed E-state index contributed by atoms with van der Waals surface area (Å²) < 4.78 is 5.45. The molecule has 1 atom stereocenters. The van der Waals surface area contributed by atoms with E-state index >= 15 is 0 Å². The van der Waals surface area contributed by atoms with Crippen LogP contribution < -0.4 is 10.1 Å². The molecule has 2 aromatic carbocycles. The van der Waals surface area contributed by atoms with E-state index in [1.165, 1.54) is 27.5 Å². The Labute approximate surface area is 203 Å². The second-order valence-corrected chi connectivity index (χ2v) is 8.71. The number of nitrogens with zero attached hydrogens (tertiary/aromatic N) is 1. The lowest BCUT2D eigenvalue weighted by Gasteiger charge is -2.13. The maximum Gasteiger partial charge on any atom is 0.244 e. The molecular weight excluding hydrogens is 420 g/mol. The number of amides is 1. The van der Waals surface area contributed by atoms with Crippen molar-refractivity contribution in [3.63, 3.8) is 0 Å². The third kappa shape index (κ3) is 7.58. The Bertz CT molecular complexity index is 1120. The van der Waals surface area contributed by atoms with Gasteiger partial charge in [0.25, 0.3) is 0 Å². The molecule has 0 spiro atoms. The molecule has 0 radical (unpaired) electrons. The van der Waals surface area contributed by atoms with Gasteiger partial charge in [-0.15, -0.1) is 0 Å². The Morgan fingerprint density at radius 1 is 1.15 bits per heavy atom. The van der Waals surface area contributed by atoms with Gasteiger partial charge in [0.2, 0.25) is 5.91 Å². The highest BCUT2D eigenvalue weighted by Gasteiger charge is 2.08. The zero-order valence-corrected chi connectivity index (χ0v) is 20.6. The largest absolute Gasteiger partial charge is 0.497 e. The van der Waals surface area contributed by atoms with Gasteiger partial charge < -0.3 is 10.1 Å². The number of methoxy groups -OCH3 is 1. The van der Waals surface area contributed by atoms with Gasteiger partial charge in [0.05, 0.1) is 7.11 Å². The molecule has 3 rings (SSSR count). The normalized spacial score (nSPS) is 12.7. The van der Waals surface area contributed by atoms with E-state index in [1.54, 1.807) is 19.4 Å². The average Bonchev–Trinajstić information content (AvgIpc) is 2.86. The summed E-state index contributed by atoms with van der Waals surface area (Å²) in [4.78, 5) is 16.6. The lowest BCUT2D eigenvalue weighted by Crippen LogP contribution is -2.31. The molecule has 0 saturated heterocycles. The number of carbonyl (C=O) groups is 1. The Morgan fingerprint density at radius 2 is 2.03 bits per heavy atom. The Hall–Kier alpha value is -3.40. The first kappa shape index (κ1) is 25.2. The number of benzene rings is 2. The van der Waals surface area contributed by atoms with Gasteiger partial charge in [0.15, 0.2) is 0 Å². The Morgan fingerprint density at radius 3 is 2.79 bits per heavy atom. The summed E-state index contributed by atoms with van der Waals surface area (Å²) in [6.07, 6.45) is 15.4. The summed E-state index contributed by atoms with van der Waals surface area (Å²) in [5.41, 5.74) is 3.66. The van der Waals surface area contributed by atoms with E-state index in [0.717, 1.165) is 44.3 Å². The quantitative estimate of drug-likeness (QED) is 0.238. The number of rotatable bonds is 12. The summed E-state index contributed by atoms with van der Waals surface area (Å²) in [5.74, 6) is 0.793. The molecule has 0 fully saturated rings. The fraction of sp³-hybridized carbons (Fsp3) is 0.333. The minimum absolute atomic E-state index is 0.0560. The molecule has 1 N–H and O–H groups in total. The topological polar surface area (TPSA) is 51.2 Å². The van der Waals surface area contributed by atoms with Crippen LogP contribution >= 0.6 is 0 Å². The summed E-state index contributed by atoms with van der Waals surface area (Å²) >= 11 is 0. The van der Waals surface area contributed by atoms with Crippen molar-refractivity contribution in [2.75, 3.05) is 7.11 Å². The van der Waals surface area contributed by atoms with E-state index in [-0.39, 0.29) is 11.9 Å². The summed E-state index contributed by atoms with van der Waals surface area (Å²) in [6, 6.07) is 16.7. The standard InChI is InChI=1S/C30H36N2O2/c1-4-5-13-25(28-16-7-14-26-18-19-27(34-3)21-29(26)28)15-8-17-30(33)32-23(2)10-6-11-24-12-9-20-31-22-24/h7-9,12,14-23H,4-6,10-11,13H2,1-3H3,(H,32,33)/t23-/m1/s1. The molecule has 1 heterocycles. The van der Waals surface area contributed by atoms with E-state index in [2.05, 4.69) is 66.6 Å². The monoisotopic (exact) mass is 456 g/mol. The van der Waals surface area contributed by atoms with Gasteiger partial charge in [0.1, 0.15) is 5.75 Å². The van der Waals surface area contributed by atoms with Crippen LogP contribution in [0.1, 0.15) is 57.1 Å². The fourth-order valence-corrected chi connectivity index (χ4v) is 4.11. The van der Waals surface area contributed by atoms with Crippen molar-refractivity contribution >= 4 is 22.3 Å². The van der Waals surface area contributed by atoms with Gasteiger partial charge >= 0.3 is 0 Å². The third-order valence-corrected chi connectivity index (χ3v) is 5.99. The smallest absolute Gasteiger partial charge is 0.244 e. The van der Waals surface area contributed by atoms with Crippen molar-refractivity contribution < 1.29 is 9.53 Å². The van der Waals surface area contributed by atoms with Crippen LogP contribution in [-0.2, 0) is 11.2 Å². The summed E-state index contributed by atoms with van der Waals surface area (Å²) in [7, 11) is 1.69. The molecule has 4 nitrogen and oxygen atoms in total. The van der Waals surface area contributed by atoms with Crippen LogP contribution in [-0.4, -0.2) is 24.0 Å². The number of allylic oxidation sites excluding steroid dienone is 3. The maximum absolute atomic E-state index is 12.5. The Balaban J connectivity index is 1.64. The average molecular weight is 457 g/mol. The van der Waals surface area contributed by atoms with Crippen molar-refractivity contribution in [3.05, 3.63) is 90.3 Å². The predicted molar refractivity (Wildman–Crippen MR) is 142 cm³/mol. The highest BCUT2D eigenvalue weighted by Crippen LogP contribution is 2.31. The molecule has 1 amide bonds. The predicted octanol–water partition coefficient (Wildman–Crippen LogP) is 6.90. The number of hydrogen-bond acceptors (Lipinski definition) is 3. The third-order valence-electron chi connectivity index (χ3n) is 5.99. The molecule has 0 aliphatic carbocycles. The molecule has 4 heteroatoms. The van der Waals surface area contributed by atoms with Crippen molar-refractivity contribution in [2.45, 2.75) is 58.4 Å². The van der Waals surface area contributed by atoms with Crippen LogP contribution in [0.4, 0.5) is 0 Å². The van der Waals surface area contributed by atoms with Gasteiger partial charge in [0, 0.05) is 24.5 Å². The molecule has 0 aliphatic heterocycles. The molecule has 0 saturated carbocycles. The van der Waals surface area contributed by atoms with Crippen LogP contribution in [0.15, 0.2) is 79.2 Å².